The molecule has 0 spiro atoms. The molecule has 2 heterocycles. The van der Waals surface area contributed by atoms with Crippen LogP contribution in [0.15, 0.2) is 95.3 Å². The number of carbonyl (C=O) groups is 1. The lowest BCUT2D eigenvalue weighted by atomic mass is 9.95. The van der Waals surface area contributed by atoms with E-state index in [0.717, 1.165) is 28.3 Å². The number of amides is 1. The molecule has 1 unspecified atom stereocenters. The van der Waals surface area contributed by atoms with Crippen molar-refractivity contribution >= 4 is 40.9 Å². The number of hydrogen-bond acceptors (Lipinski definition) is 5. The van der Waals surface area contributed by atoms with Crippen LogP contribution < -0.4 is 10.6 Å². The van der Waals surface area contributed by atoms with Gasteiger partial charge in [0.25, 0.3) is 5.91 Å². The summed E-state index contributed by atoms with van der Waals surface area (Å²) in [4.78, 5) is 18.3. The van der Waals surface area contributed by atoms with Crippen molar-refractivity contribution in [2.45, 2.75) is 30.8 Å². The van der Waals surface area contributed by atoms with Gasteiger partial charge in [-0.05, 0) is 48.7 Å². The molecule has 0 saturated carbocycles. The Morgan fingerprint density at radius 1 is 1.03 bits per heavy atom. The summed E-state index contributed by atoms with van der Waals surface area (Å²) < 4.78 is 1.79. The second-order valence-electron chi connectivity index (χ2n) is 8.32. The van der Waals surface area contributed by atoms with Crippen molar-refractivity contribution < 1.29 is 4.79 Å². The zero-order valence-corrected chi connectivity index (χ0v) is 20.9. The third-order valence-electron chi connectivity index (χ3n) is 5.87. The molecule has 1 aliphatic rings. The van der Waals surface area contributed by atoms with E-state index in [9.17, 15) is 4.79 Å². The molecule has 176 valence electrons. The van der Waals surface area contributed by atoms with E-state index < -0.39 is 6.04 Å². The summed E-state index contributed by atoms with van der Waals surface area (Å²) in [5, 5.41) is 12.4. The van der Waals surface area contributed by atoms with Gasteiger partial charge in [-0.1, -0.05) is 84.0 Å². The maximum Gasteiger partial charge on any atom is 0.255 e. The molecule has 1 aliphatic heterocycles. The highest BCUT2D eigenvalue weighted by atomic mass is 35.5. The van der Waals surface area contributed by atoms with Gasteiger partial charge in [0, 0.05) is 22.2 Å². The fourth-order valence-electron chi connectivity index (χ4n) is 4.06. The number of rotatable bonds is 6. The maximum absolute atomic E-state index is 13.6. The van der Waals surface area contributed by atoms with Crippen molar-refractivity contribution in [3.8, 4) is 0 Å². The minimum absolute atomic E-state index is 0.191. The van der Waals surface area contributed by atoms with Crippen molar-refractivity contribution in [3.63, 3.8) is 0 Å². The van der Waals surface area contributed by atoms with Gasteiger partial charge in [-0.3, -0.25) is 4.79 Å². The molecular weight excluding hydrogens is 478 g/mol. The van der Waals surface area contributed by atoms with Gasteiger partial charge in [0.05, 0.1) is 5.57 Å². The third-order valence-corrected chi connectivity index (χ3v) is 7.03. The van der Waals surface area contributed by atoms with Gasteiger partial charge in [-0.25, -0.2) is 4.68 Å². The summed E-state index contributed by atoms with van der Waals surface area (Å²) >= 11 is 7.72. The van der Waals surface area contributed by atoms with Crippen LogP contribution in [-0.2, 0) is 10.5 Å². The molecule has 3 aromatic carbocycles. The van der Waals surface area contributed by atoms with E-state index in [4.69, 9.17) is 21.7 Å². The Morgan fingerprint density at radius 3 is 2.49 bits per heavy atom. The van der Waals surface area contributed by atoms with E-state index in [1.54, 1.807) is 16.4 Å². The number of anilines is 2. The molecular formula is C27H24ClN5OS. The molecule has 1 amide bonds. The van der Waals surface area contributed by atoms with Crippen molar-refractivity contribution in [1.82, 2.24) is 14.8 Å². The molecule has 35 heavy (non-hydrogen) atoms. The predicted molar refractivity (Wildman–Crippen MR) is 142 cm³/mol. The molecule has 8 heteroatoms. The van der Waals surface area contributed by atoms with Gasteiger partial charge in [-0.2, -0.15) is 4.98 Å². The van der Waals surface area contributed by atoms with Gasteiger partial charge < -0.3 is 10.6 Å². The van der Waals surface area contributed by atoms with Crippen LogP contribution >= 0.6 is 23.4 Å². The number of nitrogens with zero attached hydrogens (tertiary/aromatic N) is 3. The number of aryl methyl sites for hydroxylation is 1. The lowest BCUT2D eigenvalue weighted by Gasteiger charge is -2.28. The number of thioether (sulfide) groups is 1. The molecule has 0 fully saturated rings. The van der Waals surface area contributed by atoms with Crippen LogP contribution in [-0.4, -0.2) is 20.7 Å². The third kappa shape index (κ3) is 4.97. The summed E-state index contributed by atoms with van der Waals surface area (Å²) in [7, 11) is 0. The first kappa shape index (κ1) is 23.2. The van der Waals surface area contributed by atoms with E-state index >= 15 is 0 Å². The maximum atomic E-state index is 13.6. The van der Waals surface area contributed by atoms with Crippen LogP contribution in [0.25, 0.3) is 0 Å². The zero-order chi connectivity index (χ0) is 24.4. The van der Waals surface area contributed by atoms with Gasteiger partial charge in [0.1, 0.15) is 6.04 Å². The summed E-state index contributed by atoms with van der Waals surface area (Å²) in [6.45, 7) is 3.86. The predicted octanol–water partition coefficient (Wildman–Crippen LogP) is 6.46. The summed E-state index contributed by atoms with van der Waals surface area (Å²) in [5.41, 5.74) is 5.17. The minimum atomic E-state index is -0.453. The number of carbonyl (C=O) groups excluding carboxylic acids is 1. The standard InChI is InChI=1S/C27H24ClN5OS/c1-17-8-6-7-11-22(17)30-25(34)23-18(2)29-26-31-27(35-16-19-9-4-3-5-10-19)32-33(26)24(23)20-12-14-21(28)15-13-20/h3-15,24H,16H2,1-2H3,(H,30,34)(H,29,31,32). The van der Waals surface area contributed by atoms with Gasteiger partial charge in [0.15, 0.2) is 0 Å². The summed E-state index contributed by atoms with van der Waals surface area (Å²) in [6, 6.07) is 25.0. The topological polar surface area (TPSA) is 71.8 Å². The highest BCUT2D eigenvalue weighted by molar-refractivity contribution is 7.98. The van der Waals surface area contributed by atoms with E-state index in [2.05, 4.69) is 22.8 Å². The first-order valence-electron chi connectivity index (χ1n) is 11.2. The van der Waals surface area contributed by atoms with Gasteiger partial charge in [-0.15, -0.1) is 5.10 Å². The largest absolute Gasteiger partial charge is 0.328 e. The summed E-state index contributed by atoms with van der Waals surface area (Å²) in [6.07, 6.45) is 0. The Morgan fingerprint density at radius 2 is 1.74 bits per heavy atom. The number of aromatic nitrogens is 3. The Labute approximate surface area is 213 Å². The normalized spacial score (nSPS) is 14.9. The van der Waals surface area contributed by atoms with Crippen LogP contribution in [0.2, 0.25) is 5.02 Å². The van der Waals surface area contributed by atoms with Crippen LogP contribution in [0.5, 0.6) is 0 Å². The Bertz CT molecular complexity index is 1400. The molecule has 0 radical (unpaired) electrons. The van der Waals surface area contributed by atoms with Crippen LogP contribution in [0.4, 0.5) is 11.6 Å². The molecule has 2 N–H and O–H groups in total. The molecule has 1 atom stereocenters. The van der Waals surface area contributed by atoms with Crippen LogP contribution in [0.3, 0.4) is 0 Å². The first-order chi connectivity index (χ1) is 17.0. The smallest absolute Gasteiger partial charge is 0.255 e. The molecule has 0 bridgehead atoms. The molecule has 0 saturated heterocycles. The summed E-state index contributed by atoms with van der Waals surface area (Å²) in [5.74, 6) is 1.16. The quantitative estimate of drug-likeness (QED) is 0.297. The lowest BCUT2D eigenvalue weighted by Crippen LogP contribution is -2.31. The second kappa shape index (κ2) is 9.98. The van der Waals surface area contributed by atoms with Crippen molar-refractivity contribution in [1.29, 1.82) is 0 Å². The average molecular weight is 502 g/mol. The molecule has 5 rings (SSSR count). The van der Waals surface area contributed by atoms with Crippen LogP contribution in [0, 0.1) is 6.92 Å². The Kier molecular flexibility index (Phi) is 6.61. The highest BCUT2D eigenvalue weighted by Gasteiger charge is 2.34. The number of halogens is 1. The highest BCUT2D eigenvalue weighted by Crippen LogP contribution is 2.37. The fraction of sp³-hybridized carbons (Fsp3) is 0.148. The number of benzene rings is 3. The van der Waals surface area contributed by atoms with Crippen molar-refractivity contribution in [3.05, 3.63) is 112 Å². The van der Waals surface area contributed by atoms with E-state index in [0.29, 0.717) is 21.7 Å². The lowest BCUT2D eigenvalue weighted by molar-refractivity contribution is -0.113. The molecule has 1 aromatic heterocycles. The molecule has 4 aromatic rings. The number of allylic oxidation sites excluding steroid dienone is 1. The fourth-order valence-corrected chi connectivity index (χ4v) is 4.98. The number of fused-ring (bicyclic) bond motifs is 1. The van der Waals surface area contributed by atoms with Crippen molar-refractivity contribution in [2.24, 2.45) is 0 Å². The first-order valence-corrected chi connectivity index (χ1v) is 12.6. The van der Waals surface area contributed by atoms with Gasteiger partial charge >= 0.3 is 0 Å². The monoisotopic (exact) mass is 501 g/mol. The number of hydrogen-bond donors (Lipinski definition) is 2. The van der Waals surface area contributed by atoms with Crippen molar-refractivity contribution in [2.75, 3.05) is 10.6 Å². The van der Waals surface area contributed by atoms with E-state index in [1.807, 2.05) is 80.6 Å². The van der Waals surface area contributed by atoms with E-state index in [-0.39, 0.29) is 5.91 Å². The second-order valence-corrected chi connectivity index (χ2v) is 9.70. The SMILES string of the molecule is CC1=C(C(=O)Nc2ccccc2C)C(c2ccc(Cl)cc2)n2nc(SCc3ccccc3)nc2N1. The Hall–Kier alpha value is -3.55. The zero-order valence-electron chi connectivity index (χ0n) is 19.3. The number of nitrogens with one attached hydrogen (secondary N) is 2. The van der Waals surface area contributed by atoms with Gasteiger partial charge in [0.2, 0.25) is 11.1 Å². The van der Waals surface area contributed by atoms with E-state index in [1.165, 1.54) is 5.56 Å². The Balaban J connectivity index is 1.50. The average Bonchev–Trinajstić information content (AvgIpc) is 3.27. The minimum Gasteiger partial charge on any atom is -0.328 e. The molecule has 6 nitrogen and oxygen atoms in total. The number of para-hydroxylation sites is 1. The van der Waals surface area contributed by atoms with Crippen LogP contribution in [0.1, 0.15) is 29.7 Å². The molecule has 0 aliphatic carbocycles.